The fourth-order valence-electron chi connectivity index (χ4n) is 3.93. The molecule has 1 amide bonds. The summed E-state index contributed by atoms with van der Waals surface area (Å²) in [6, 6.07) is 19.3. The molecular weight excluding hydrogens is 348 g/mol. The van der Waals surface area contributed by atoms with E-state index in [0.717, 1.165) is 36.5 Å². The number of piperidine rings is 1. The van der Waals surface area contributed by atoms with Gasteiger partial charge in [-0.15, -0.1) is 0 Å². The van der Waals surface area contributed by atoms with Gasteiger partial charge in [0, 0.05) is 36.1 Å². The Hall–Kier alpha value is -3.39. The molecule has 140 valence electrons. The Morgan fingerprint density at radius 3 is 2.61 bits per heavy atom. The Morgan fingerprint density at radius 1 is 1.14 bits per heavy atom. The van der Waals surface area contributed by atoms with Crippen molar-refractivity contribution in [3.8, 4) is 17.5 Å². The van der Waals surface area contributed by atoms with Gasteiger partial charge < -0.3 is 9.47 Å². The molecule has 5 heteroatoms. The first-order valence-corrected chi connectivity index (χ1v) is 9.56. The third kappa shape index (κ3) is 3.41. The van der Waals surface area contributed by atoms with Crippen LogP contribution in [-0.2, 0) is 0 Å². The molecule has 1 aliphatic rings. The second-order valence-corrected chi connectivity index (χ2v) is 7.20. The Bertz CT molecular complexity index is 1020. The topological polar surface area (TPSA) is 61.9 Å². The first kappa shape index (κ1) is 18.0. The van der Waals surface area contributed by atoms with E-state index < -0.39 is 0 Å². The molecule has 1 aromatic heterocycles. The number of hydrogen-bond acceptors (Lipinski definition) is 3. The molecule has 1 saturated heterocycles. The Labute approximate surface area is 164 Å². The lowest BCUT2D eigenvalue weighted by Gasteiger charge is -2.35. The van der Waals surface area contributed by atoms with Gasteiger partial charge in [0.05, 0.1) is 17.7 Å². The molecule has 3 aromatic rings. The normalized spacial score (nSPS) is 16.6. The first-order valence-electron chi connectivity index (χ1n) is 9.56. The Balaban J connectivity index is 1.59. The van der Waals surface area contributed by atoms with E-state index in [0.29, 0.717) is 17.7 Å². The van der Waals surface area contributed by atoms with E-state index in [9.17, 15) is 4.79 Å². The molecule has 28 heavy (non-hydrogen) atoms. The minimum atomic E-state index is 0.0215. The summed E-state index contributed by atoms with van der Waals surface area (Å²) in [4.78, 5) is 19.5. The molecule has 2 aromatic carbocycles. The number of likely N-dealkylation sites (tertiary alicyclic amines) is 1. The van der Waals surface area contributed by atoms with Gasteiger partial charge in [-0.05, 0) is 44.0 Å². The molecule has 1 aliphatic heterocycles. The van der Waals surface area contributed by atoms with Crippen LogP contribution in [0, 0.1) is 18.3 Å². The van der Waals surface area contributed by atoms with Crippen LogP contribution in [0.25, 0.3) is 11.4 Å². The van der Waals surface area contributed by atoms with Gasteiger partial charge >= 0.3 is 0 Å². The third-order valence-corrected chi connectivity index (χ3v) is 5.32. The summed E-state index contributed by atoms with van der Waals surface area (Å²) in [6.07, 6.45) is 3.89. The third-order valence-electron chi connectivity index (χ3n) is 5.32. The second-order valence-electron chi connectivity index (χ2n) is 7.20. The van der Waals surface area contributed by atoms with Crippen LogP contribution in [0.1, 0.15) is 40.5 Å². The molecule has 1 fully saturated rings. The molecule has 0 radical (unpaired) electrons. The van der Waals surface area contributed by atoms with Gasteiger partial charge in [-0.1, -0.05) is 30.3 Å². The van der Waals surface area contributed by atoms with Crippen molar-refractivity contribution in [2.45, 2.75) is 25.8 Å². The number of hydrogen-bond donors (Lipinski definition) is 0. The fraction of sp³-hybridized carbons (Fsp3) is 0.261. The summed E-state index contributed by atoms with van der Waals surface area (Å²) in [5.41, 5.74) is 3.39. The van der Waals surface area contributed by atoms with Gasteiger partial charge in [0.1, 0.15) is 5.82 Å². The Kier molecular flexibility index (Phi) is 4.94. The maximum Gasteiger partial charge on any atom is 0.253 e. The highest BCUT2D eigenvalue weighted by molar-refractivity contribution is 5.94. The number of imidazole rings is 1. The SMILES string of the molecule is Cc1cnc(-c2ccccc2)n1C1CCCN(C(=O)c2ccc(C#N)cc2)C1. The summed E-state index contributed by atoms with van der Waals surface area (Å²) in [5.74, 6) is 0.976. The number of rotatable bonds is 3. The van der Waals surface area contributed by atoms with E-state index in [1.165, 1.54) is 0 Å². The molecule has 0 N–H and O–H groups in total. The summed E-state index contributed by atoms with van der Waals surface area (Å²) in [6.45, 7) is 3.49. The van der Waals surface area contributed by atoms with Gasteiger partial charge in [0.2, 0.25) is 0 Å². The average Bonchev–Trinajstić information content (AvgIpc) is 3.15. The van der Waals surface area contributed by atoms with Crippen LogP contribution in [0.3, 0.4) is 0 Å². The van der Waals surface area contributed by atoms with E-state index in [2.05, 4.69) is 34.7 Å². The molecule has 0 aliphatic carbocycles. The predicted octanol–water partition coefficient (Wildman–Crippen LogP) is 4.21. The van der Waals surface area contributed by atoms with Crippen molar-refractivity contribution in [2.24, 2.45) is 0 Å². The number of benzene rings is 2. The van der Waals surface area contributed by atoms with Crippen LogP contribution in [0.2, 0.25) is 0 Å². The lowest BCUT2D eigenvalue weighted by Crippen LogP contribution is -2.41. The van der Waals surface area contributed by atoms with E-state index in [1.807, 2.05) is 29.3 Å². The second kappa shape index (κ2) is 7.69. The number of carbonyl (C=O) groups excluding carboxylic acids is 1. The Morgan fingerprint density at radius 2 is 1.89 bits per heavy atom. The lowest BCUT2D eigenvalue weighted by atomic mass is 10.0. The van der Waals surface area contributed by atoms with Crippen LogP contribution >= 0.6 is 0 Å². The molecule has 0 bridgehead atoms. The monoisotopic (exact) mass is 370 g/mol. The van der Waals surface area contributed by atoms with E-state index in [-0.39, 0.29) is 11.9 Å². The molecule has 5 nitrogen and oxygen atoms in total. The molecule has 1 atom stereocenters. The first-order chi connectivity index (χ1) is 13.7. The van der Waals surface area contributed by atoms with Gasteiger partial charge in [0.15, 0.2) is 0 Å². The smallest absolute Gasteiger partial charge is 0.253 e. The number of aromatic nitrogens is 2. The minimum Gasteiger partial charge on any atom is -0.337 e. The quantitative estimate of drug-likeness (QED) is 0.694. The molecule has 0 spiro atoms. The number of aryl methyl sites for hydroxylation is 1. The molecule has 0 saturated carbocycles. The zero-order chi connectivity index (χ0) is 19.5. The predicted molar refractivity (Wildman–Crippen MR) is 108 cm³/mol. The number of nitrogens with zero attached hydrogens (tertiary/aromatic N) is 4. The highest BCUT2D eigenvalue weighted by Crippen LogP contribution is 2.30. The fourth-order valence-corrected chi connectivity index (χ4v) is 3.93. The van der Waals surface area contributed by atoms with Crippen LogP contribution in [0.5, 0.6) is 0 Å². The summed E-state index contributed by atoms with van der Waals surface area (Å²) in [5, 5.41) is 8.95. The van der Waals surface area contributed by atoms with Crippen LogP contribution in [0.15, 0.2) is 60.8 Å². The minimum absolute atomic E-state index is 0.0215. The van der Waals surface area contributed by atoms with Crippen molar-refractivity contribution in [3.63, 3.8) is 0 Å². The van der Waals surface area contributed by atoms with Gasteiger partial charge in [-0.2, -0.15) is 5.26 Å². The van der Waals surface area contributed by atoms with Crippen molar-refractivity contribution in [2.75, 3.05) is 13.1 Å². The molecular formula is C23H22N4O. The maximum atomic E-state index is 13.0. The van der Waals surface area contributed by atoms with E-state index in [1.54, 1.807) is 24.3 Å². The number of carbonyl (C=O) groups is 1. The van der Waals surface area contributed by atoms with Crippen molar-refractivity contribution in [1.29, 1.82) is 5.26 Å². The van der Waals surface area contributed by atoms with E-state index >= 15 is 0 Å². The van der Waals surface area contributed by atoms with Crippen LogP contribution in [0.4, 0.5) is 0 Å². The van der Waals surface area contributed by atoms with Gasteiger partial charge in [-0.25, -0.2) is 4.98 Å². The highest BCUT2D eigenvalue weighted by atomic mass is 16.2. The molecule has 1 unspecified atom stereocenters. The standard InChI is InChI=1S/C23H22N4O/c1-17-15-25-22(19-6-3-2-4-7-19)27(17)21-8-5-13-26(16-21)23(28)20-11-9-18(14-24)10-12-20/h2-4,6-7,9-12,15,21H,5,8,13,16H2,1H3. The summed E-state index contributed by atoms with van der Waals surface area (Å²) >= 11 is 0. The maximum absolute atomic E-state index is 13.0. The van der Waals surface area contributed by atoms with Crippen LogP contribution < -0.4 is 0 Å². The number of nitriles is 1. The van der Waals surface area contributed by atoms with Crippen molar-refractivity contribution >= 4 is 5.91 Å². The van der Waals surface area contributed by atoms with Crippen molar-refractivity contribution < 1.29 is 4.79 Å². The van der Waals surface area contributed by atoms with Crippen molar-refractivity contribution in [3.05, 3.63) is 77.6 Å². The average molecular weight is 370 g/mol. The van der Waals surface area contributed by atoms with E-state index in [4.69, 9.17) is 5.26 Å². The zero-order valence-corrected chi connectivity index (χ0v) is 15.9. The largest absolute Gasteiger partial charge is 0.337 e. The summed E-state index contributed by atoms with van der Waals surface area (Å²) in [7, 11) is 0. The van der Waals surface area contributed by atoms with Crippen LogP contribution in [-0.4, -0.2) is 33.4 Å². The highest BCUT2D eigenvalue weighted by Gasteiger charge is 2.28. The van der Waals surface area contributed by atoms with Gasteiger partial charge in [0.25, 0.3) is 5.91 Å². The van der Waals surface area contributed by atoms with Gasteiger partial charge in [-0.3, -0.25) is 4.79 Å². The molecule has 2 heterocycles. The lowest BCUT2D eigenvalue weighted by molar-refractivity contribution is 0.0679. The zero-order valence-electron chi connectivity index (χ0n) is 15.9. The molecule has 4 rings (SSSR count). The van der Waals surface area contributed by atoms with Crippen molar-refractivity contribution in [1.82, 2.24) is 14.5 Å². The summed E-state index contributed by atoms with van der Waals surface area (Å²) < 4.78 is 2.27. The number of amides is 1.